The summed E-state index contributed by atoms with van der Waals surface area (Å²) in [6.07, 6.45) is -0.155. The minimum atomic E-state index is -2.56. The second kappa shape index (κ2) is 7.52. The smallest absolute Gasteiger partial charge is 0.288 e. The van der Waals surface area contributed by atoms with Gasteiger partial charge in [-0.2, -0.15) is 8.78 Å². The summed E-state index contributed by atoms with van der Waals surface area (Å²) in [6, 6.07) is 17.9. The van der Waals surface area contributed by atoms with Gasteiger partial charge in [-0.05, 0) is 24.3 Å². The quantitative estimate of drug-likeness (QED) is 0.608. The van der Waals surface area contributed by atoms with Crippen molar-refractivity contribution in [3.63, 3.8) is 0 Å². The Labute approximate surface area is 159 Å². The molecule has 4 nitrogen and oxygen atoms in total. The van der Waals surface area contributed by atoms with Crippen LogP contribution >= 0.6 is 11.8 Å². The van der Waals surface area contributed by atoms with E-state index >= 15 is 0 Å². The van der Waals surface area contributed by atoms with E-state index in [4.69, 9.17) is 4.74 Å². The average Bonchev–Trinajstić information content (AvgIpc) is 2.63. The van der Waals surface area contributed by atoms with Crippen LogP contribution in [-0.2, 0) is 0 Å². The first-order valence-electron chi connectivity index (χ1n) is 8.46. The highest BCUT2D eigenvalue weighted by molar-refractivity contribution is 7.99. The number of carbonyl (C=O) groups excluding carboxylic acids is 1. The molecule has 0 N–H and O–H groups in total. The lowest BCUT2D eigenvalue weighted by molar-refractivity contribution is 0.0159. The molecule has 0 spiro atoms. The van der Waals surface area contributed by atoms with Crippen LogP contribution in [0.15, 0.2) is 65.6 Å². The van der Waals surface area contributed by atoms with E-state index in [1.165, 1.54) is 6.07 Å². The van der Waals surface area contributed by atoms with Crippen molar-refractivity contribution in [3.05, 3.63) is 66.2 Å². The van der Waals surface area contributed by atoms with Crippen molar-refractivity contribution in [3.8, 4) is 5.88 Å². The lowest BCUT2D eigenvalue weighted by Gasteiger charge is -2.38. The Bertz CT molecular complexity index is 977. The van der Waals surface area contributed by atoms with E-state index in [1.807, 2.05) is 30.3 Å². The molecule has 1 aliphatic rings. The van der Waals surface area contributed by atoms with Crippen LogP contribution in [-0.4, -0.2) is 40.7 Å². The molecular weight excluding hydrogens is 370 g/mol. The maximum absolute atomic E-state index is 12.7. The van der Waals surface area contributed by atoms with E-state index in [0.717, 1.165) is 10.9 Å². The Balaban J connectivity index is 1.39. The number of alkyl halides is 2. The van der Waals surface area contributed by atoms with Gasteiger partial charge in [0, 0.05) is 16.3 Å². The number of fused-ring (bicyclic) bond motifs is 1. The fourth-order valence-corrected chi connectivity index (χ4v) is 3.61. The van der Waals surface area contributed by atoms with Crippen LogP contribution in [0.2, 0.25) is 0 Å². The second-order valence-corrected chi connectivity index (χ2v) is 7.20. The summed E-state index contributed by atoms with van der Waals surface area (Å²) in [6.45, 7) is 0.808. The Morgan fingerprint density at radius 1 is 1.07 bits per heavy atom. The van der Waals surface area contributed by atoms with Crippen LogP contribution in [0.25, 0.3) is 10.9 Å². The largest absolute Gasteiger partial charge is 0.471 e. The van der Waals surface area contributed by atoms with Gasteiger partial charge in [-0.1, -0.05) is 42.1 Å². The molecule has 27 heavy (non-hydrogen) atoms. The predicted molar refractivity (Wildman–Crippen MR) is 100 cm³/mol. The van der Waals surface area contributed by atoms with Crippen LogP contribution in [0.1, 0.15) is 10.4 Å². The van der Waals surface area contributed by atoms with Gasteiger partial charge in [-0.25, -0.2) is 4.98 Å². The predicted octanol–water partition coefficient (Wildman–Crippen LogP) is 4.45. The lowest BCUT2D eigenvalue weighted by Crippen LogP contribution is -2.56. The lowest BCUT2D eigenvalue weighted by atomic mass is 10.1. The first kappa shape index (κ1) is 17.7. The summed E-state index contributed by atoms with van der Waals surface area (Å²) < 4.78 is 31.2. The molecule has 3 aromatic rings. The molecule has 1 aromatic heterocycles. The fourth-order valence-electron chi connectivity index (χ4n) is 2.97. The van der Waals surface area contributed by atoms with Gasteiger partial charge >= 0.3 is 0 Å². The molecule has 0 aliphatic carbocycles. The van der Waals surface area contributed by atoms with Crippen LogP contribution in [0.4, 0.5) is 8.78 Å². The third-order valence-corrected chi connectivity index (χ3v) is 5.12. The normalized spacial score (nSPS) is 14.4. The number of thioether (sulfide) groups is 1. The summed E-state index contributed by atoms with van der Waals surface area (Å²) in [5.41, 5.74) is 1.14. The van der Waals surface area contributed by atoms with Gasteiger partial charge in [-0.3, -0.25) is 4.79 Å². The van der Waals surface area contributed by atoms with E-state index in [-0.39, 0.29) is 16.9 Å². The Kier molecular flexibility index (Phi) is 4.94. The van der Waals surface area contributed by atoms with Crippen molar-refractivity contribution in [1.29, 1.82) is 0 Å². The number of carbonyl (C=O) groups is 1. The van der Waals surface area contributed by atoms with Crippen LogP contribution < -0.4 is 4.74 Å². The van der Waals surface area contributed by atoms with Gasteiger partial charge in [0.2, 0.25) is 5.88 Å². The standard InChI is InChI=1S/C20H16F2N2O2S/c21-20(22)27-17-8-4-2-6-15(17)19(25)24-11-14(12-24)26-18-10-9-13-5-1-3-7-16(13)23-18/h1-10,14,20H,11-12H2. The van der Waals surface area contributed by atoms with E-state index in [1.54, 1.807) is 29.2 Å². The van der Waals surface area contributed by atoms with Crippen molar-refractivity contribution in [2.45, 2.75) is 16.8 Å². The number of ether oxygens (including phenoxy) is 1. The number of nitrogens with zero attached hydrogens (tertiary/aromatic N) is 2. The number of benzene rings is 2. The van der Waals surface area contributed by atoms with Crippen LogP contribution in [0, 0.1) is 0 Å². The molecular formula is C20H16F2N2O2S. The van der Waals surface area contributed by atoms with E-state index in [2.05, 4.69) is 4.98 Å². The number of likely N-dealkylation sites (tertiary alicyclic amines) is 1. The summed E-state index contributed by atoms with van der Waals surface area (Å²) in [4.78, 5) is 18.9. The molecule has 1 saturated heterocycles. The minimum absolute atomic E-state index is 0.155. The molecule has 0 unspecified atom stereocenters. The Morgan fingerprint density at radius 3 is 2.63 bits per heavy atom. The molecule has 0 bridgehead atoms. The number of hydrogen-bond acceptors (Lipinski definition) is 4. The minimum Gasteiger partial charge on any atom is -0.471 e. The number of para-hydroxylation sites is 1. The van der Waals surface area contributed by atoms with Gasteiger partial charge < -0.3 is 9.64 Å². The molecule has 0 atom stereocenters. The average molecular weight is 386 g/mol. The number of pyridine rings is 1. The highest BCUT2D eigenvalue weighted by Crippen LogP contribution is 2.30. The van der Waals surface area contributed by atoms with E-state index in [0.29, 0.717) is 36.3 Å². The summed E-state index contributed by atoms with van der Waals surface area (Å²) in [7, 11) is 0. The van der Waals surface area contributed by atoms with Crippen LogP contribution in [0.5, 0.6) is 5.88 Å². The SMILES string of the molecule is O=C(c1ccccc1SC(F)F)N1CC(Oc2ccc3ccccc3n2)C1. The summed E-state index contributed by atoms with van der Waals surface area (Å²) >= 11 is 0.388. The Morgan fingerprint density at radius 2 is 1.81 bits per heavy atom. The van der Waals surface area contributed by atoms with Gasteiger partial charge in [-0.15, -0.1) is 0 Å². The molecule has 4 rings (SSSR count). The van der Waals surface area contributed by atoms with E-state index < -0.39 is 5.76 Å². The molecule has 1 amide bonds. The fraction of sp³-hybridized carbons (Fsp3) is 0.200. The van der Waals surface area contributed by atoms with E-state index in [9.17, 15) is 13.6 Å². The molecule has 2 heterocycles. The summed E-state index contributed by atoms with van der Waals surface area (Å²) in [5, 5.41) is 1.03. The molecule has 138 valence electrons. The van der Waals surface area contributed by atoms with Crippen molar-refractivity contribution in [2.24, 2.45) is 0 Å². The second-order valence-electron chi connectivity index (χ2n) is 6.17. The van der Waals surface area contributed by atoms with Gasteiger partial charge in [0.25, 0.3) is 11.7 Å². The highest BCUT2D eigenvalue weighted by atomic mass is 32.2. The van der Waals surface area contributed by atoms with Crippen molar-refractivity contribution in [2.75, 3.05) is 13.1 Å². The first-order valence-corrected chi connectivity index (χ1v) is 9.34. The number of amides is 1. The van der Waals surface area contributed by atoms with Crippen molar-refractivity contribution < 1.29 is 18.3 Å². The van der Waals surface area contributed by atoms with Gasteiger partial charge in [0.1, 0.15) is 6.10 Å². The zero-order valence-corrected chi connectivity index (χ0v) is 15.0. The highest BCUT2D eigenvalue weighted by Gasteiger charge is 2.34. The topological polar surface area (TPSA) is 42.4 Å². The van der Waals surface area contributed by atoms with Gasteiger partial charge in [0.05, 0.1) is 24.2 Å². The maximum atomic E-state index is 12.7. The zero-order valence-electron chi connectivity index (χ0n) is 14.2. The summed E-state index contributed by atoms with van der Waals surface area (Å²) in [5.74, 6) is -2.31. The molecule has 0 radical (unpaired) electrons. The monoisotopic (exact) mass is 386 g/mol. The molecule has 2 aromatic carbocycles. The number of hydrogen-bond donors (Lipinski definition) is 0. The molecule has 1 aliphatic heterocycles. The first-order chi connectivity index (χ1) is 13.1. The number of rotatable bonds is 5. The van der Waals surface area contributed by atoms with Crippen molar-refractivity contribution >= 4 is 28.6 Å². The van der Waals surface area contributed by atoms with Gasteiger partial charge in [0.15, 0.2) is 0 Å². The van der Waals surface area contributed by atoms with Crippen molar-refractivity contribution in [1.82, 2.24) is 9.88 Å². The maximum Gasteiger partial charge on any atom is 0.288 e. The molecule has 7 heteroatoms. The zero-order chi connectivity index (χ0) is 18.8. The third-order valence-electron chi connectivity index (χ3n) is 4.33. The number of aromatic nitrogens is 1. The number of halogens is 2. The third kappa shape index (κ3) is 3.88. The Hall–Kier alpha value is -2.67. The van der Waals surface area contributed by atoms with Crippen LogP contribution in [0.3, 0.4) is 0 Å². The molecule has 0 saturated carbocycles. The molecule has 1 fully saturated rings.